The molecule has 2 amide bonds. The van der Waals surface area contributed by atoms with Crippen molar-refractivity contribution >= 4 is 35.0 Å². The number of benzene rings is 2. The van der Waals surface area contributed by atoms with Crippen molar-refractivity contribution in [2.75, 3.05) is 26.2 Å². The average Bonchev–Trinajstić information content (AvgIpc) is 3.14. The van der Waals surface area contributed by atoms with Crippen LogP contribution >= 0.6 is 23.2 Å². The zero-order valence-electron chi connectivity index (χ0n) is 16.7. The molecule has 0 bridgehead atoms. The van der Waals surface area contributed by atoms with E-state index < -0.39 is 0 Å². The van der Waals surface area contributed by atoms with Gasteiger partial charge in [-0.15, -0.1) is 0 Å². The molecule has 0 radical (unpaired) electrons. The van der Waals surface area contributed by atoms with Gasteiger partial charge in [0.15, 0.2) is 0 Å². The number of carbonyl (C=O) groups excluding carboxylic acids is 2. The molecule has 0 aliphatic carbocycles. The molecule has 2 aromatic carbocycles. The molecular weight excluding hydrogens is 442 g/mol. The van der Waals surface area contributed by atoms with E-state index in [4.69, 9.17) is 23.2 Å². The van der Waals surface area contributed by atoms with Crippen molar-refractivity contribution in [3.63, 3.8) is 0 Å². The van der Waals surface area contributed by atoms with Gasteiger partial charge in [0.1, 0.15) is 5.82 Å². The Labute approximate surface area is 188 Å². The third-order valence-electron chi connectivity index (χ3n) is 5.28. The first kappa shape index (κ1) is 21.3. The highest BCUT2D eigenvalue weighted by molar-refractivity contribution is 6.35. The number of rotatable bonds is 3. The second kappa shape index (κ2) is 8.69. The fraction of sp³-hybridized carbons (Fsp3) is 0.227. The molecule has 1 aliphatic heterocycles. The smallest absolute Gasteiger partial charge is 0.257 e. The first-order valence-electron chi connectivity index (χ1n) is 9.68. The molecule has 1 aromatic heterocycles. The highest BCUT2D eigenvalue weighted by atomic mass is 35.5. The molecule has 6 nitrogen and oxygen atoms in total. The maximum Gasteiger partial charge on any atom is 0.257 e. The molecule has 4 rings (SSSR count). The van der Waals surface area contributed by atoms with Crippen LogP contribution in [0.2, 0.25) is 10.0 Å². The van der Waals surface area contributed by atoms with Crippen LogP contribution in [0.25, 0.3) is 5.69 Å². The Morgan fingerprint density at radius 2 is 1.45 bits per heavy atom. The topological polar surface area (TPSA) is 58.4 Å². The number of hydrogen-bond acceptors (Lipinski definition) is 3. The molecule has 1 fully saturated rings. The van der Waals surface area contributed by atoms with Gasteiger partial charge in [-0.1, -0.05) is 23.2 Å². The van der Waals surface area contributed by atoms with E-state index in [0.29, 0.717) is 58.7 Å². The van der Waals surface area contributed by atoms with Crippen molar-refractivity contribution in [3.8, 4) is 5.69 Å². The highest BCUT2D eigenvalue weighted by Crippen LogP contribution is 2.22. The van der Waals surface area contributed by atoms with Crippen molar-refractivity contribution in [3.05, 3.63) is 81.3 Å². The maximum atomic E-state index is 13.2. The van der Waals surface area contributed by atoms with E-state index in [9.17, 15) is 14.0 Å². The Bertz CT molecular complexity index is 1120. The van der Waals surface area contributed by atoms with E-state index in [2.05, 4.69) is 5.10 Å². The van der Waals surface area contributed by atoms with Gasteiger partial charge in [-0.2, -0.15) is 5.10 Å². The van der Waals surface area contributed by atoms with Gasteiger partial charge in [0.05, 0.1) is 23.1 Å². The summed E-state index contributed by atoms with van der Waals surface area (Å²) in [5.41, 5.74) is 2.25. The van der Waals surface area contributed by atoms with E-state index in [0.717, 1.165) is 0 Å². The second-order valence-electron chi connectivity index (χ2n) is 7.27. The van der Waals surface area contributed by atoms with Gasteiger partial charge in [-0.25, -0.2) is 9.07 Å². The lowest BCUT2D eigenvalue weighted by atomic mass is 10.1. The van der Waals surface area contributed by atoms with E-state index in [1.807, 2.05) is 0 Å². The summed E-state index contributed by atoms with van der Waals surface area (Å²) in [7, 11) is 0. The lowest BCUT2D eigenvalue weighted by Crippen LogP contribution is -2.50. The SMILES string of the molecule is Cc1c(C(=O)N2CCN(C(=O)c3cc(Cl)cc(Cl)c3)CC2)cnn1-c1ccc(F)cc1. The average molecular weight is 461 g/mol. The zero-order chi connectivity index (χ0) is 22.1. The monoisotopic (exact) mass is 460 g/mol. The molecule has 1 saturated heterocycles. The highest BCUT2D eigenvalue weighted by Gasteiger charge is 2.27. The molecule has 2 heterocycles. The van der Waals surface area contributed by atoms with Crippen molar-refractivity contribution in [1.29, 1.82) is 0 Å². The minimum absolute atomic E-state index is 0.149. The number of halogens is 3. The van der Waals surface area contributed by atoms with Crippen LogP contribution in [0.5, 0.6) is 0 Å². The van der Waals surface area contributed by atoms with Crippen molar-refractivity contribution in [2.45, 2.75) is 6.92 Å². The van der Waals surface area contributed by atoms with Gasteiger partial charge in [0.25, 0.3) is 11.8 Å². The third kappa shape index (κ3) is 4.43. The fourth-order valence-corrected chi connectivity index (χ4v) is 4.13. The summed E-state index contributed by atoms with van der Waals surface area (Å²) in [6.45, 7) is 3.41. The molecule has 0 spiro atoms. The minimum atomic E-state index is -0.336. The summed E-state index contributed by atoms with van der Waals surface area (Å²) >= 11 is 12.0. The second-order valence-corrected chi connectivity index (χ2v) is 8.15. The van der Waals surface area contributed by atoms with Gasteiger partial charge in [-0.3, -0.25) is 9.59 Å². The number of nitrogens with zero attached hydrogens (tertiary/aromatic N) is 4. The van der Waals surface area contributed by atoms with E-state index in [1.54, 1.807) is 51.7 Å². The molecule has 0 N–H and O–H groups in total. The van der Waals surface area contributed by atoms with Crippen LogP contribution in [0.4, 0.5) is 4.39 Å². The van der Waals surface area contributed by atoms with E-state index in [1.165, 1.54) is 18.3 Å². The zero-order valence-corrected chi connectivity index (χ0v) is 18.2. The van der Waals surface area contributed by atoms with Gasteiger partial charge in [0, 0.05) is 41.8 Å². The summed E-state index contributed by atoms with van der Waals surface area (Å²) in [5, 5.41) is 5.09. The van der Waals surface area contributed by atoms with Crippen LogP contribution in [-0.4, -0.2) is 57.6 Å². The molecule has 0 unspecified atom stereocenters. The standard InChI is InChI=1S/C22H19Cl2FN4O2/c1-14-20(13-26-29(14)19-4-2-18(25)3-5-19)22(31)28-8-6-27(7-9-28)21(30)15-10-16(23)12-17(24)11-15/h2-5,10-13H,6-9H2,1H3. The lowest BCUT2D eigenvalue weighted by Gasteiger charge is -2.34. The van der Waals surface area contributed by atoms with Crippen LogP contribution in [0, 0.1) is 12.7 Å². The molecular formula is C22H19Cl2FN4O2. The Morgan fingerprint density at radius 1 is 0.903 bits per heavy atom. The predicted octanol–water partition coefficient (Wildman–Crippen LogP) is 4.22. The number of carbonyl (C=O) groups is 2. The molecule has 3 aromatic rings. The first-order valence-corrected chi connectivity index (χ1v) is 10.4. The van der Waals surface area contributed by atoms with Crippen molar-refractivity contribution in [1.82, 2.24) is 19.6 Å². The first-order chi connectivity index (χ1) is 14.8. The van der Waals surface area contributed by atoms with Gasteiger partial charge < -0.3 is 9.80 Å². The van der Waals surface area contributed by atoms with E-state index >= 15 is 0 Å². The van der Waals surface area contributed by atoms with E-state index in [-0.39, 0.29) is 17.6 Å². The van der Waals surface area contributed by atoms with Crippen molar-refractivity contribution in [2.24, 2.45) is 0 Å². The van der Waals surface area contributed by atoms with Crippen LogP contribution in [0.3, 0.4) is 0 Å². The Balaban J connectivity index is 1.44. The maximum absolute atomic E-state index is 13.2. The predicted molar refractivity (Wildman–Crippen MR) is 117 cm³/mol. The van der Waals surface area contributed by atoms with Gasteiger partial charge in [-0.05, 0) is 49.4 Å². The van der Waals surface area contributed by atoms with Crippen LogP contribution < -0.4 is 0 Å². The summed E-state index contributed by atoms with van der Waals surface area (Å²) in [4.78, 5) is 29.2. The lowest BCUT2D eigenvalue weighted by molar-refractivity contribution is 0.0535. The summed E-state index contributed by atoms with van der Waals surface area (Å²) in [5.74, 6) is -0.655. The van der Waals surface area contributed by atoms with Crippen LogP contribution in [0.15, 0.2) is 48.7 Å². The van der Waals surface area contributed by atoms with Gasteiger partial charge >= 0.3 is 0 Å². The molecule has 9 heteroatoms. The van der Waals surface area contributed by atoms with Crippen molar-refractivity contribution < 1.29 is 14.0 Å². The molecule has 160 valence electrons. The Hall–Kier alpha value is -2.90. The number of aromatic nitrogens is 2. The Kier molecular flexibility index (Phi) is 5.98. The molecule has 0 atom stereocenters. The summed E-state index contributed by atoms with van der Waals surface area (Å²) < 4.78 is 14.8. The number of hydrogen-bond donors (Lipinski definition) is 0. The summed E-state index contributed by atoms with van der Waals surface area (Å²) in [6, 6.07) is 10.7. The third-order valence-corrected chi connectivity index (χ3v) is 5.71. The molecule has 0 saturated carbocycles. The quantitative estimate of drug-likeness (QED) is 0.587. The van der Waals surface area contributed by atoms with Crippen LogP contribution in [-0.2, 0) is 0 Å². The molecule has 1 aliphatic rings. The van der Waals surface area contributed by atoms with Gasteiger partial charge in [0.2, 0.25) is 0 Å². The fourth-order valence-electron chi connectivity index (χ4n) is 3.61. The largest absolute Gasteiger partial charge is 0.335 e. The van der Waals surface area contributed by atoms with Crippen LogP contribution in [0.1, 0.15) is 26.4 Å². The summed E-state index contributed by atoms with van der Waals surface area (Å²) in [6.07, 6.45) is 1.52. The number of piperazine rings is 1. The Morgan fingerprint density at radius 3 is 2.03 bits per heavy atom. The normalized spacial score (nSPS) is 14.1. The number of amides is 2. The minimum Gasteiger partial charge on any atom is -0.335 e. The molecule has 31 heavy (non-hydrogen) atoms.